The number of hydrogen-bond donors (Lipinski definition) is 3. The van der Waals surface area contributed by atoms with Gasteiger partial charge in [-0.2, -0.15) is 5.90 Å². The molecule has 7 nitrogen and oxygen atoms in total. The van der Waals surface area contributed by atoms with Crippen LogP contribution in [0, 0.1) is 0 Å². The van der Waals surface area contributed by atoms with Gasteiger partial charge < -0.3 is 9.57 Å². The van der Waals surface area contributed by atoms with Gasteiger partial charge in [0.2, 0.25) is 0 Å². The highest BCUT2D eigenvalue weighted by Gasteiger charge is 2.06. The summed E-state index contributed by atoms with van der Waals surface area (Å²) >= 11 is 0. The van der Waals surface area contributed by atoms with E-state index in [1.165, 1.54) is 0 Å². The minimum atomic E-state index is -0.716. The molecule has 2 aromatic carbocycles. The lowest BCUT2D eigenvalue weighted by Crippen LogP contribution is -2.17. The third-order valence-electron chi connectivity index (χ3n) is 3.26. The second kappa shape index (κ2) is 8.70. The van der Waals surface area contributed by atoms with E-state index < -0.39 is 12.2 Å². The molecule has 0 heterocycles. The Bertz CT molecular complexity index is 712. The van der Waals surface area contributed by atoms with Crippen LogP contribution in [0.5, 0.6) is 0 Å². The first-order chi connectivity index (χ1) is 12.0. The molecule has 25 heavy (non-hydrogen) atoms. The largest absolute Gasteiger partial charge is 0.447 e. The summed E-state index contributed by atoms with van der Waals surface area (Å²) in [5, 5.41) is 5.16. The number of nitrogens with two attached hydrogens (primary N) is 1. The van der Waals surface area contributed by atoms with E-state index in [2.05, 4.69) is 15.5 Å². The lowest BCUT2D eigenvalue weighted by atomic mass is 10.0. The van der Waals surface area contributed by atoms with Gasteiger partial charge in [0.25, 0.3) is 0 Å². The molecule has 0 bridgehead atoms. The van der Waals surface area contributed by atoms with Crippen LogP contribution in [0.4, 0.5) is 21.0 Å². The summed E-state index contributed by atoms with van der Waals surface area (Å²) in [6, 6.07) is 14.9. The average molecular weight is 343 g/mol. The van der Waals surface area contributed by atoms with E-state index in [1.807, 2.05) is 36.4 Å². The van der Waals surface area contributed by atoms with Crippen molar-refractivity contribution in [3.05, 3.63) is 59.7 Å². The van der Waals surface area contributed by atoms with E-state index in [-0.39, 0.29) is 6.10 Å². The van der Waals surface area contributed by atoms with Crippen molar-refractivity contribution in [2.45, 2.75) is 26.4 Å². The van der Waals surface area contributed by atoms with E-state index in [0.717, 1.165) is 17.5 Å². The van der Waals surface area contributed by atoms with Crippen molar-refractivity contribution in [1.82, 2.24) is 0 Å². The number of amides is 2. The Balaban J connectivity index is 1.92. The number of anilines is 2. The maximum atomic E-state index is 11.5. The SMILES string of the molecule is CC(C)OC(=O)Nc1ccc(Cc2ccc(NC(=O)ON)cc2)cc1. The maximum Gasteiger partial charge on any atom is 0.430 e. The predicted octanol–water partition coefficient (Wildman–Crippen LogP) is 3.66. The standard InChI is InChI=1S/C18H21N3O4/c1-12(2)24-17(22)20-15-7-3-13(4-8-15)11-14-5-9-16(10-6-14)21-18(23)25-19/h3-10,12H,11,19H2,1-2H3,(H,20,22)(H,21,23). The molecular weight excluding hydrogens is 322 g/mol. The van der Waals surface area contributed by atoms with E-state index in [9.17, 15) is 9.59 Å². The molecule has 0 aliphatic rings. The Kier molecular flexibility index (Phi) is 6.36. The molecule has 0 aromatic heterocycles. The minimum Gasteiger partial charge on any atom is -0.447 e. The molecule has 0 saturated carbocycles. The van der Waals surface area contributed by atoms with E-state index in [1.54, 1.807) is 26.0 Å². The van der Waals surface area contributed by atoms with Crippen molar-refractivity contribution >= 4 is 23.6 Å². The molecule has 0 saturated heterocycles. The monoisotopic (exact) mass is 343 g/mol. The quantitative estimate of drug-likeness (QED) is 0.719. The van der Waals surface area contributed by atoms with Crippen LogP contribution in [0.15, 0.2) is 48.5 Å². The molecular formula is C18H21N3O4. The minimum absolute atomic E-state index is 0.163. The summed E-state index contributed by atoms with van der Waals surface area (Å²) in [6.07, 6.45) is -0.629. The Labute approximate surface area is 146 Å². The zero-order valence-corrected chi connectivity index (χ0v) is 14.1. The summed E-state index contributed by atoms with van der Waals surface area (Å²) in [4.78, 5) is 26.6. The fraction of sp³-hybridized carbons (Fsp3) is 0.222. The van der Waals surface area contributed by atoms with E-state index in [0.29, 0.717) is 11.4 Å². The van der Waals surface area contributed by atoms with Gasteiger partial charge in [-0.25, -0.2) is 9.59 Å². The molecule has 0 fully saturated rings. The molecule has 0 radical (unpaired) electrons. The second-order valence-electron chi connectivity index (χ2n) is 5.68. The van der Waals surface area contributed by atoms with Gasteiger partial charge in [-0.1, -0.05) is 24.3 Å². The van der Waals surface area contributed by atoms with Gasteiger partial charge >= 0.3 is 12.2 Å². The van der Waals surface area contributed by atoms with Crippen molar-refractivity contribution in [1.29, 1.82) is 0 Å². The number of rotatable bonds is 5. The smallest absolute Gasteiger partial charge is 0.430 e. The highest BCUT2D eigenvalue weighted by atomic mass is 16.7. The molecule has 0 atom stereocenters. The molecule has 0 spiro atoms. The topological polar surface area (TPSA) is 103 Å². The zero-order chi connectivity index (χ0) is 18.2. The van der Waals surface area contributed by atoms with Crippen molar-refractivity contribution in [3.63, 3.8) is 0 Å². The summed E-state index contributed by atoms with van der Waals surface area (Å²) in [5.74, 6) is 4.77. The normalized spacial score (nSPS) is 10.2. The molecule has 0 unspecified atom stereocenters. The van der Waals surface area contributed by atoms with Gasteiger partial charge in [0.1, 0.15) is 0 Å². The number of carbonyl (C=O) groups is 2. The number of benzene rings is 2. The van der Waals surface area contributed by atoms with Crippen LogP contribution < -0.4 is 16.5 Å². The average Bonchev–Trinajstić information content (AvgIpc) is 2.57. The Hall–Kier alpha value is -3.06. The van der Waals surface area contributed by atoms with Gasteiger partial charge in [0.05, 0.1) is 6.10 Å². The van der Waals surface area contributed by atoms with Crippen molar-refractivity contribution in [2.75, 3.05) is 10.6 Å². The molecule has 4 N–H and O–H groups in total. The van der Waals surface area contributed by atoms with Gasteiger partial charge in [-0.3, -0.25) is 10.6 Å². The van der Waals surface area contributed by atoms with Gasteiger partial charge in [0, 0.05) is 11.4 Å². The van der Waals surface area contributed by atoms with Crippen molar-refractivity contribution < 1.29 is 19.2 Å². The fourth-order valence-corrected chi connectivity index (χ4v) is 2.16. The number of carbonyl (C=O) groups excluding carboxylic acids is 2. The zero-order valence-electron chi connectivity index (χ0n) is 14.1. The first-order valence-corrected chi connectivity index (χ1v) is 7.79. The van der Waals surface area contributed by atoms with E-state index in [4.69, 9.17) is 10.6 Å². The van der Waals surface area contributed by atoms with Crippen LogP contribution in [0.2, 0.25) is 0 Å². The Morgan fingerprint density at radius 2 is 1.32 bits per heavy atom. The van der Waals surface area contributed by atoms with Crippen LogP contribution in [-0.2, 0) is 16.0 Å². The maximum absolute atomic E-state index is 11.5. The summed E-state index contributed by atoms with van der Waals surface area (Å²) in [6.45, 7) is 3.59. The predicted molar refractivity (Wildman–Crippen MR) is 95.2 cm³/mol. The van der Waals surface area contributed by atoms with Crippen LogP contribution in [-0.4, -0.2) is 18.3 Å². The number of ether oxygens (including phenoxy) is 1. The lowest BCUT2D eigenvalue weighted by molar-refractivity contribution is 0.130. The third-order valence-corrected chi connectivity index (χ3v) is 3.26. The molecule has 132 valence electrons. The Morgan fingerprint density at radius 1 is 0.880 bits per heavy atom. The van der Waals surface area contributed by atoms with Crippen molar-refractivity contribution in [2.24, 2.45) is 5.90 Å². The van der Waals surface area contributed by atoms with Crippen LogP contribution >= 0.6 is 0 Å². The first kappa shape index (κ1) is 18.3. The second-order valence-corrected chi connectivity index (χ2v) is 5.68. The molecule has 2 aromatic rings. The van der Waals surface area contributed by atoms with E-state index >= 15 is 0 Å². The third kappa shape index (κ3) is 6.15. The summed E-state index contributed by atoms with van der Waals surface area (Å²) < 4.78 is 5.03. The Morgan fingerprint density at radius 3 is 1.72 bits per heavy atom. The highest BCUT2D eigenvalue weighted by Crippen LogP contribution is 2.16. The van der Waals surface area contributed by atoms with Gasteiger partial charge in [0.15, 0.2) is 0 Å². The van der Waals surface area contributed by atoms with Crippen molar-refractivity contribution in [3.8, 4) is 0 Å². The first-order valence-electron chi connectivity index (χ1n) is 7.79. The number of nitrogens with one attached hydrogen (secondary N) is 2. The van der Waals surface area contributed by atoms with Crippen LogP contribution in [0.25, 0.3) is 0 Å². The molecule has 0 aliphatic carbocycles. The molecule has 0 aliphatic heterocycles. The van der Waals surface area contributed by atoms with Gasteiger partial charge in [-0.05, 0) is 55.7 Å². The molecule has 2 rings (SSSR count). The number of hydrogen-bond acceptors (Lipinski definition) is 5. The van der Waals surface area contributed by atoms with Crippen LogP contribution in [0.1, 0.15) is 25.0 Å². The fourth-order valence-electron chi connectivity index (χ4n) is 2.16. The molecule has 2 amide bonds. The van der Waals surface area contributed by atoms with Gasteiger partial charge in [-0.15, -0.1) is 0 Å². The summed E-state index contributed by atoms with van der Waals surface area (Å²) in [5.41, 5.74) is 3.44. The van der Waals surface area contributed by atoms with Crippen LogP contribution in [0.3, 0.4) is 0 Å². The summed E-state index contributed by atoms with van der Waals surface area (Å²) in [7, 11) is 0. The highest BCUT2D eigenvalue weighted by molar-refractivity contribution is 5.85. The lowest BCUT2D eigenvalue weighted by Gasteiger charge is -2.10. The molecule has 7 heteroatoms.